The number of anilines is 2. The Morgan fingerprint density at radius 2 is 1.90 bits per heavy atom. The number of nitrogens with zero attached hydrogens (tertiary/aromatic N) is 6. The van der Waals surface area contributed by atoms with Crippen LogP contribution in [-0.4, -0.2) is 109 Å². The van der Waals surface area contributed by atoms with Gasteiger partial charge in [-0.1, -0.05) is 6.58 Å². The number of hydrogen-bond acceptors (Lipinski definition) is 8. The number of ether oxygens (including phenoxy) is 1. The predicted octanol–water partition coefficient (Wildman–Crippen LogP) is 3.34. The first-order chi connectivity index (χ1) is 20.3. The van der Waals surface area contributed by atoms with Gasteiger partial charge in [0.05, 0.1) is 19.3 Å². The molecule has 0 bridgehead atoms. The van der Waals surface area contributed by atoms with E-state index < -0.39 is 6.43 Å². The lowest BCUT2D eigenvalue weighted by molar-refractivity contribution is -0.128. The van der Waals surface area contributed by atoms with E-state index in [1.807, 2.05) is 4.90 Å². The van der Waals surface area contributed by atoms with Crippen molar-refractivity contribution >= 4 is 17.4 Å². The second-order valence-corrected chi connectivity index (χ2v) is 12.4. The molecule has 0 spiro atoms. The van der Waals surface area contributed by atoms with Gasteiger partial charge in [0, 0.05) is 87.0 Å². The number of fused-ring (bicyclic) bond motifs is 4. The molecule has 0 radical (unpaired) electrons. The Kier molecular flexibility index (Phi) is 8.70. The van der Waals surface area contributed by atoms with Crippen LogP contribution in [0.2, 0.25) is 0 Å². The molecule has 5 aliphatic rings. The van der Waals surface area contributed by atoms with Crippen LogP contribution in [0.15, 0.2) is 30.5 Å². The van der Waals surface area contributed by atoms with Crippen LogP contribution < -0.4 is 15.2 Å². The number of alkyl halides is 2. The molecule has 3 saturated heterocycles. The molecule has 11 heteroatoms. The zero-order valence-corrected chi connectivity index (χ0v) is 25.0. The number of hydrazine groups is 1. The van der Waals surface area contributed by atoms with Crippen molar-refractivity contribution in [2.24, 2.45) is 0 Å². The van der Waals surface area contributed by atoms with Crippen molar-refractivity contribution in [3.63, 3.8) is 0 Å². The van der Waals surface area contributed by atoms with Crippen LogP contribution in [0.3, 0.4) is 0 Å². The highest BCUT2D eigenvalue weighted by atomic mass is 19.3. The number of halogens is 2. The molecule has 42 heavy (non-hydrogen) atoms. The maximum absolute atomic E-state index is 14.5. The largest absolute Gasteiger partial charge is 0.375 e. The van der Waals surface area contributed by atoms with Gasteiger partial charge in [-0.15, -0.1) is 0 Å². The number of allylic oxidation sites excluding steroid dienone is 1. The normalized spacial score (nSPS) is 29.1. The van der Waals surface area contributed by atoms with Gasteiger partial charge < -0.3 is 24.4 Å². The van der Waals surface area contributed by atoms with E-state index in [9.17, 15) is 13.6 Å². The molecule has 6 rings (SSSR count). The lowest BCUT2D eigenvalue weighted by Gasteiger charge is -2.55. The summed E-state index contributed by atoms with van der Waals surface area (Å²) >= 11 is 0. The van der Waals surface area contributed by atoms with E-state index in [0.29, 0.717) is 50.1 Å². The number of pyridine rings is 1. The molecule has 0 aromatic carbocycles. The number of nitrogens with one attached hydrogen (secondary N) is 1. The summed E-state index contributed by atoms with van der Waals surface area (Å²) in [6, 6.07) is 3.02. The molecule has 4 atom stereocenters. The summed E-state index contributed by atoms with van der Waals surface area (Å²) in [5, 5.41) is 2.21. The average molecular weight is 586 g/mol. The van der Waals surface area contributed by atoms with Gasteiger partial charge in [0.15, 0.2) is 0 Å². The van der Waals surface area contributed by atoms with Gasteiger partial charge in [-0.2, -0.15) is 0 Å². The second kappa shape index (κ2) is 12.5. The lowest BCUT2D eigenvalue weighted by atomic mass is 9.90. The number of amides is 1. The number of rotatable bonds is 4. The Morgan fingerprint density at radius 3 is 2.67 bits per heavy atom. The van der Waals surface area contributed by atoms with Gasteiger partial charge in [0.1, 0.15) is 11.5 Å². The second-order valence-electron chi connectivity index (χ2n) is 12.4. The van der Waals surface area contributed by atoms with Crippen molar-refractivity contribution in [2.75, 3.05) is 68.8 Å². The first-order valence-corrected chi connectivity index (χ1v) is 15.7. The van der Waals surface area contributed by atoms with E-state index in [2.05, 4.69) is 62.7 Å². The highest BCUT2D eigenvalue weighted by Gasteiger charge is 2.45. The Hall–Kier alpha value is -2.76. The van der Waals surface area contributed by atoms with Crippen molar-refractivity contribution in [2.45, 2.75) is 76.6 Å². The average Bonchev–Trinajstić information content (AvgIpc) is 3.22. The monoisotopic (exact) mass is 585 g/mol. The van der Waals surface area contributed by atoms with Gasteiger partial charge in [-0.25, -0.2) is 19.2 Å². The van der Waals surface area contributed by atoms with Gasteiger partial charge in [0.2, 0.25) is 5.91 Å². The van der Waals surface area contributed by atoms with Crippen molar-refractivity contribution in [1.29, 1.82) is 0 Å². The highest BCUT2D eigenvalue weighted by Crippen LogP contribution is 2.43. The lowest BCUT2D eigenvalue weighted by Crippen LogP contribution is -2.69. The molecule has 1 aromatic heterocycles. The first-order valence-electron chi connectivity index (χ1n) is 15.7. The van der Waals surface area contributed by atoms with E-state index in [1.165, 1.54) is 11.8 Å². The van der Waals surface area contributed by atoms with Crippen LogP contribution in [0.1, 0.15) is 57.2 Å². The Labute approximate surface area is 248 Å². The summed E-state index contributed by atoms with van der Waals surface area (Å²) < 4.78 is 35.2. The number of piperazine rings is 1. The van der Waals surface area contributed by atoms with Crippen molar-refractivity contribution in [1.82, 2.24) is 25.2 Å². The Morgan fingerprint density at radius 1 is 1.10 bits per heavy atom. The van der Waals surface area contributed by atoms with Crippen molar-refractivity contribution in [3.8, 4) is 0 Å². The molecule has 6 heterocycles. The maximum Gasteiger partial charge on any atom is 0.280 e. The van der Waals surface area contributed by atoms with Gasteiger partial charge >= 0.3 is 0 Å². The number of carbonyl (C=O) groups is 1. The van der Waals surface area contributed by atoms with E-state index in [4.69, 9.17) is 4.74 Å². The zero-order chi connectivity index (χ0) is 29.4. The van der Waals surface area contributed by atoms with E-state index in [0.717, 1.165) is 64.1 Å². The predicted molar refractivity (Wildman–Crippen MR) is 160 cm³/mol. The SMILES string of the molecule is C=CC(=O)N1CCN([C@@H]2CN3c4cc(N5CCCC6=CC(C)NN6C[C@@H](C)OCC5)nc(C(F)F)c4CCCC23)CC1. The minimum atomic E-state index is -2.62. The molecule has 9 nitrogen and oxygen atoms in total. The Balaban J connectivity index is 1.22. The summed E-state index contributed by atoms with van der Waals surface area (Å²) in [4.78, 5) is 25.5. The van der Waals surface area contributed by atoms with Crippen LogP contribution in [0.5, 0.6) is 0 Å². The molecule has 0 saturated carbocycles. The molecule has 1 aromatic rings. The van der Waals surface area contributed by atoms with E-state index >= 15 is 0 Å². The zero-order valence-electron chi connectivity index (χ0n) is 25.0. The third kappa shape index (κ3) is 5.88. The van der Waals surface area contributed by atoms with Crippen LogP contribution in [0.25, 0.3) is 0 Å². The standard InChI is InChI=1S/C31H45F2N7O2/c1-4-29(41)38-13-11-36(12-14-38)27-20-39-25(27)9-5-8-24-26(39)18-28(34-30(24)31(32)33)37-10-6-7-23-17-21(2)35-40(23)19-22(3)42-16-15-37/h4,17-18,21-22,25,27,31,35H,1,5-16,19-20H2,2-3H3/t21?,22-,25?,27-/m1/s1. The topological polar surface area (TPSA) is 67.4 Å². The van der Waals surface area contributed by atoms with E-state index in [-0.39, 0.29) is 29.8 Å². The number of aromatic nitrogens is 1. The maximum atomic E-state index is 14.5. The van der Waals surface area contributed by atoms with Crippen molar-refractivity contribution < 1.29 is 18.3 Å². The molecule has 3 fully saturated rings. The summed E-state index contributed by atoms with van der Waals surface area (Å²) in [5.41, 5.74) is 6.35. The molecule has 1 amide bonds. The molecule has 0 aliphatic carbocycles. The van der Waals surface area contributed by atoms with Gasteiger partial charge in [0.25, 0.3) is 6.43 Å². The molecular weight excluding hydrogens is 540 g/mol. The summed E-state index contributed by atoms with van der Waals surface area (Å²) in [5.74, 6) is 0.617. The number of hydrogen-bond donors (Lipinski definition) is 1. The summed E-state index contributed by atoms with van der Waals surface area (Å²) in [6.07, 6.45) is 5.35. The third-order valence-electron chi connectivity index (χ3n) is 9.60. The highest BCUT2D eigenvalue weighted by molar-refractivity contribution is 5.87. The first kappa shape index (κ1) is 29.3. The molecule has 1 N–H and O–H groups in total. The summed E-state index contributed by atoms with van der Waals surface area (Å²) in [7, 11) is 0. The number of carbonyl (C=O) groups excluding carboxylic acids is 1. The van der Waals surface area contributed by atoms with Crippen LogP contribution in [-0.2, 0) is 16.0 Å². The molecule has 2 unspecified atom stereocenters. The fraction of sp³-hybridized carbons (Fsp3) is 0.677. The minimum Gasteiger partial charge on any atom is -0.375 e. The van der Waals surface area contributed by atoms with E-state index in [1.54, 1.807) is 0 Å². The molecule has 230 valence electrons. The molecule has 5 aliphatic heterocycles. The van der Waals surface area contributed by atoms with Crippen LogP contribution in [0.4, 0.5) is 20.3 Å². The van der Waals surface area contributed by atoms with Gasteiger partial charge in [-0.3, -0.25) is 9.69 Å². The smallest absolute Gasteiger partial charge is 0.280 e. The van der Waals surface area contributed by atoms with Crippen LogP contribution in [0, 0.1) is 0 Å². The fourth-order valence-corrected chi connectivity index (χ4v) is 7.42. The molecular formula is C31H45F2N7O2. The quantitative estimate of drug-likeness (QED) is 0.540. The Bertz CT molecular complexity index is 1190. The third-order valence-corrected chi connectivity index (χ3v) is 9.60. The van der Waals surface area contributed by atoms with Crippen LogP contribution >= 0.6 is 0 Å². The van der Waals surface area contributed by atoms with Crippen molar-refractivity contribution in [3.05, 3.63) is 41.8 Å². The fourth-order valence-electron chi connectivity index (χ4n) is 7.42. The summed E-state index contributed by atoms with van der Waals surface area (Å²) in [6.45, 7) is 14.4. The van der Waals surface area contributed by atoms with Gasteiger partial charge in [-0.05, 0) is 58.1 Å². The minimum absolute atomic E-state index is 0.0117.